The molecule has 90 valence electrons. The minimum Gasteiger partial charge on any atom is -0.394 e. The summed E-state index contributed by atoms with van der Waals surface area (Å²) in [6, 6.07) is 0. The fourth-order valence-corrected chi connectivity index (χ4v) is 2.97. The second-order valence-electron chi connectivity index (χ2n) is 4.02. The van der Waals surface area contributed by atoms with Crippen molar-refractivity contribution in [2.45, 2.75) is 25.7 Å². The maximum Gasteiger partial charge on any atom is 0.183 e. The molecule has 0 bridgehead atoms. The molecule has 0 amide bonds. The van der Waals surface area contributed by atoms with Crippen molar-refractivity contribution in [1.82, 2.24) is 9.88 Å². The lowest BCUT2D eigenvalue weighted by Gasteiger charge is -2.35. The van der Waals surface area contributed by atoms with Gasteiger partial charge in [0, 0.05) is 30.7 Å². The average molecular weight is 263 g/mol. The van der Waals surface area contributed by atoms with Crippen LogP contribution in [0.4, 0.5) is 0 Å². The predicted molar refractivity (Wildman–Crippen MR) is 63.8 cm³/mol. The van der Waals surface area contributed by atoms with Crippen LogP contribution in [-0.4, -0.2) is 46.9 Å². The summed E-state index contributed by atoms with van der Waals surface area (Å²) >= 11 is 7.29. The topological polar surface area (TPSA) is 45.6 Å². The molecule has 0 aromatic carbocycles. The van der Waals surface area contributed by atoms with Crippen molar-refractivity contribution in [2.24, 2.45) is 0 Å². The number of aromatic nitrogens is 1. The Kier molecular flexibility index (Phi) is 4.16. The van der Waals surface area contributed by atoms with E-state index in [0.717, 1.165) is 24.5 Å². The molecule has 4 nitrogen and oxygen atoms in total. The van der Waals surface area contributed by atoms with Gasteiger partial charge in [0.15, 0.2) is 4.47 Å². The first kappa shape index (κ1) is 12.3. The summed E-state index contributed by atoms with van der Waals surface area (Å²) in [5, 5.41) is 9.11. The number of halogens is 1. The molecule has 1 aliphatic heterocycles. The van der Waals surface area contributed by atoms with Gasteiger partial charge < -0.3 is 9.84 Å². The van der Waals surface area contributed by atoms with E-state index in [1.807, 2.05) is 6.92 Å². The summed E-state index contributed by atoms with van der Waals surface area (Å²) in [6.07, 6.45) is 1.89. The van der Waals surface area contributed by atoms with E-state index in [9.17, 15) is 0 Å². The van der Waals surface area contributed by atoms with Gasteiger partial charge in [-0.2, -0.15) is 0 Å². The van der Waals surface area contributed by atoms with Crippen molar-refractivity contribution < 1.29 is 9.84 Å². The smallest absolute Gasteiger partial charge is 0.183 e. The number of rotatable bonds is 3. The summed E-state index contributed by atoms with van der Waals surface area (Å²) in [6.45, 7) is 4.57. The number of hydrogen-bond donors (Lipinski definition) is 1. The number of aliphatic hydroxyl groups is 1. The first-order chi connectivity index (χ1) is 7.67. The summed E-state index contributed by atoms with van der Waals surface area (Å²) < 4.78 is 6.16. The number of ether oxygens (including phenoxy) is 1. The molecule has 1 aliphatic rings. The standard InChI is InChI=1S/C10H15ClN2O2S/c1-7-3-13(4-8(6-14)15-7)5-9-2-12-10(11)16-9/h2,7-8,14H,3-6H2,1H3. The molecule has 2 rings (SSSR count). The van der Waals surface area contributed by atoms with Crippen LogP contribution in [0.15, 0.2) is 6.20 Å². The monoisotopic (exact) mass is 262 g/mol. The summed E-state index contributed by atoms with van der Waals surface area (Å²) in [4.78, 5) is 7.43. The Balaban J connectivity index is 1.93. The number of thiazole rings is 1. The predicted octanol–water partition coefficient (Wildman–Crippen LogP) is 1.38. The Morgan fingerprint density at radius 3 is 3.12 bits per heavy atom. The van der Waals surface area contributed by atoms with E-state index in [1.165, 1.54) is 11.3 Å². The van der Waals surface area contributed by atoms with Crippen molar-refractivity contribution in [3.8, 4) is 0 Å². The van der Waals surface area contributed by atoms with Gasteiger partial charge in [0.1, 0.15) is 0 Å². The van der Waals surface area contributed by atoms with Crippen LogP contribution in [0, 0.1) is 0 Å². The van der Waals surface area contributed by atoms with Gasteiger partial charge in [-0.15, -0.1) is 11.3 Å². The highest BCUT2D eigenvalue weighted by Gasteiger charge is 2.24. The minimum atomic E-state index is -0.0767. The maximum absolute atomic E-state index is 9.11. The highest BCUT2D eigenvalue weighted by atomic mass is 35.5. The Labute approximate surface area is 104 Å². The van der Waals surface area contributed by atoms with Crippen LogP contribution in [0.25, 0.3) is 0 Å². The van der Waals surface area contributed by atoms with Crippen molar-refractivity contribution in [2.75, 3.05) is 19.7 Å². The Hall–Kier alpha value is -0.200. The SMILES string of the molecule is CC1CN(Cc2cnc(Cl)s2)CC(CO)O1. The highest BCUT2D eigenvalue weighted by molar-refractivity contribution is 7.15. The van der Waals surface area contributed by atoms with Crippen LogP contribution in [-0.2, 0) is 11.3 Å². The van der Waals surface area contributed by atoms with Crippen LogP contribution >= 0.6 is 22.9 Å². The van der Waals surface area contributed by atoms with E-state index < -0.39 is 0 Å². The molecule has 1 aromatic rings. The molecule has 1 aromatic heterocycles. The fraction of sp³-hybridized carbons (Fsp3) is 0.700. The normalized spacial score (nSPS) is 27.2. The molecule has 0 saturated carbocycles. The van der Waals surface area contributed by atoms with Gasteiger partial charge in [-0.05, 0) is 6.92 Å². The lowest BCUT2D eigenvalue weighted by Crippen LogP contribution is -2.47. The molecule has 16 heavy (non-hydrogen) atoms. The lowest BCUT2D eigenvalue weighted by molar-refractivity contribution is -0.0970. The lowest BCUT2D eigenvalue weighted by atomic mass is 10.2. The first-order valence-electron chi connectivity index (χ1n) is 5.26. The van der Waals surface area contributed by atoms with E-state index in [0.29, 0.717) is 4.47 Å². The van der Waals surface area contributed by atoms with Crippen LogP contribution in [0.1, 0.15) is 11.8 Å². The largest absolute Gasteiger partial charge is 0.394 e. The van der Waals surface area contributed by atoms with E-state index >= 15 is 0 Å². The molecule has 2 unspecified atom stereocenters. The van der Waals surface area contributed by atoms with Gasteiger partial charge in [-0.3, -0.25) is 4.90 Å². The second kappa shape index (κ2) is 5.42. The van der Waals surface area contributed by atoms with E-state index in [4.69, 9.17) is 21.4 Å². The Morgan fingerprint density at radius 1 is 1.69 bits per heavy atom. The number of nitrogens with zero attached hydrogens (tertiary/aromatic N) is 2. The van der Waals surface area contributed by atoms with Crippen molar-refractivity contribution >= 4 is 22.9 Å². The van der Waals surface area contributed by atoms with Crippen LogP contribution in [0.2, 0.25) is 4.47 Å². The van der Waals surface area contributed by atoms with Crippen molar-refractivity contribution in [3.05, 3.63) is 15.5 Å². The summed E-state index contributed by atoms with van der Waals surface area (Å²) in [5.74, 6) is 0. The first-order valence-corrected chi connectivity index (χ1v) is 6.45. The second-order valence-corrected chi connectivity index (χ2v) is 5.72. The zero-order valence-corrected chi connectivity index (χ0v) is 10.7. The highest BCUT2D eigenvalue weighted by Crippen LogP contribution is 2.21. The molecule has 6 heteroatoms. The third-order valence-electron chi connectivity index (χ3n) is 2.51. The van der Waals surface area contributed by atoms with E-state index in [1.54, 1.807) is 6.20 Å². The van der Waals surface area contributed by atoms with Crippen LogP contribution < -0.4 is 0 Å². The third-order valence-corrected chi connectivity index (χ3v) is 3.61. The molecular weight excluding hydrogens is 248 g/mol. The average Bonchev–Trinajstić information content (AvgIpc) is 2.63. The molecule has 2 heterocycles. The molecule has 1 N–H and O–H groups in total. The third kappa shape index (κ3) is 3.15. The molecule has 1 fully saturated rings. The van der Waals surface area contributed by atoms with Gasteiger partial charge in [-0.25, -0.2) is 4.98 Å². The van der Waals surface area contributed by atoms with Gasteiger partial charge in [0.25, 0.3) is 0 Å². The Morgan fingerprint density at radius 2 is 2.50 bits per heavy atom. The zero-order valence-electron chi connectivity index (χ0n) is 9.10. The van der Waals surface area contributed by atoms with Crippen molar-refractivity contribution in [3.63, 3.8) is 0 Å². The van der Waals surface area contributed by atoms with Gasteiger partial charge in [0.2, 0.25) is 0 Å². The van der Waals surface area contributed by atoms with E-state index in [-0.39, 0.29) is 18.8 Å². The Bertz CT molecular complexity index is 347. The maximum atomic E-state index is 9.11. The summed E-state index contributed by atoms with van der Waals surface area (Å²) in [7, 11) is 0. The molecule has 1 saturated heterocycles. The summed E-state index contributed by atoms with van der Waals surface area (Å²) in [5.41, 5.74) is 0. The van der Waals surface area contributed by atoms with E-state index in [2.05, 4.69) is 9.88 Å². The van der Waals surface area contributed by atoms with Gasteiger partial charge in [-0.1, -0.05) is 11.6 Å². The van der Waals surface area contributed by atoms with Gasteiger partial charge in [0.05, 0.1) is 18.8 Å². The van der Waals surface area contributed by atoms with Crippen molar-refractivity contribution in [1.29, 1.82) is 0 Å². The van der Waals surface area contributed by atoms with Gasteiger partial charge >= 0.3 is 0 Å². The quantitative estimate of drug-likeness (QED) is 0.894. The zero-order chi connectivity index (χ0) is 11.5. The number of aliphatic hydroxyl groups excluding tert-OH is 1. The van der Waals surface area contributed by atoms with Crippen LogP contribution in [0.5, 0.6) is 0 Å². The minimum absolute atomic E-state index is 0.0737. The molecular formula is C10H15ClN2O2S. The number of hydrogen-bond acceptors (Lipinski definition) is 5. The molecule has 0 aliphatic carbocycles. The molecule has 0 radical (unpaired) electrons. The van der Waals surface area contributed by atoms with Crippen LogP contribution in [0.3, 0.4) is 0 Å². The fourth-order valence-electron chi connectivity index (χ4n) is 1.95. The number of morpholine rings is 1. The molecule has 0 spiro atoms. The molecule has 2 atom stereocenters.